The van der Waals surface area contributed by atoms with Crippen LogP contribution in [-0.2, 0) is 13.1 Å². The third-order valence-corrected chi connectivity index (χ3v) is 6.51. The number of H-pyrrole nitrogens is 1. The molecule has 32 heavy (non-hydrogen) atoms. The average Bonchev–Trinajstić information content (AvgIpc) is 3.19. The minimum atomic E-state index is -0.296. The fourth-order valence-corrected chi connectivity index (χ4v) is 4.51. The highest BCUT2D eigenvalue weighted by molar-refractivity contribution is 9.10. The molecular weight excluding hydrogens is 517 g/mol. The normalized spacial score (nSPS) is 11.8. The summed E-state index contributed by atoms with van der Waals surface area (Å²) in [6, 6.07) is 8.65. The van der Waals surface area contributed by atoms with E-state index in [-0.39, 0.29) is 11.2 Å². The number of benzene rings is 2. The number of aromatic nitrogens is 4. The minimum Gasteiger partial charge on any atom is -0.295 e. The van der Waals surface area contributed by atoms with Gasteiger partial charge < -0.3 is 0 Å². The largest absolute Gasteiger partial charge is 0.329 e. The van der Waals surface area contributed by atoms with Gasteiger partial charge in [0.25, 0.3) is 5.56 Å². The van der Waals surface area contributed by atoms with Gasteiger partial charge in [-0.05, 0) is 67.0 Å². The highest BCUT2D eigenvalue weighted by Crippen LogP contribution is 2.31. The molecule has 1 N–H and O–H groups in total. The lowest BCUT2D eigenvalue weighted by atomic mass is 10.2. The first-order valence-corrected chi connectivity index (χ1v) is 11.5. The Morgan fingerprint density at radius 3 is 2.38 bits per heavy atom. The van der Waals surface area contributed by atoms with E-state index in [0.717, 1.165) is 15.5 Å². The van der Waals surface area contributed by atoms with Crippen LogP contribution in [0.3, 0.4) is 0 Å². The Morgan fingerprint density at radius 1 is 1.06 bits per heavy atom. The van der Waals surface area contributed by atoms with E-state index >= 15 is 0 Å². The molecule has 0 bridgehead atoms. The van der Waals surface area contributed by atoms with Gasteiger partial charge in [0, 0.05) is 34.5 Å². The Hall–Kier alpha value is -2.55. The van der Waals surface area contributed by atoms with Crippen molar-refractivity contribution in [1.82, 2.24) is 18.9 Å². The molecule has 166 valence electrons. The average molecular weight is 537 g/mol. The van der Waals surface area contributed by atoms with Gasteiger partial charge in [0.05, 0.1) is 33.0 Å². The van der Waals surface area contributed by atoms with Crippen LogP contribution in [0.25, 0.3) is 16.7 Å². The Labute approximate surface area is 202 Å². The van der Waals surface area contributed by atoms with Crippen LogP contribution in [0.2, 0.25) is 10.0 Å². The smallest absolute Gasteiger partial charge is 0.295 e. The van der Waals surface area contributed by atoms with Crippen molar-refractivity contribution in [2.75, 3.05) is 0 Å². The van der Waals surface area contributed by atoms with Crippen molar-refractivity contribution in [3.63, 3.8) is 0 Å². The second-order valence-electron chi connectivity index (χ2n) is 7.21. The lowest BCUT2D eigenvalue weighted by Crippen LogP contribution is -2.22. The third-order valence-electron chi connectivity index (χ3n) is 5.32. The lowest BCUT2D eigenvalue weighted by molar-refractivity contribution is 0.671. The molecule has 0 saturated heterocycles. The topological polar surface area (TPSA) is 77.1 Å². The predicted molar refractivity (Wildman–Crippen MR) is 134 cm³/mol. The summed E-state index contributed by atoms with van der Waals surface area (Å²) in [4.78, 5) is 30.2. The summed E-state index contributed by atoms with van der Waals surface area (Å²) in [6.45, 7) is 6.78. The molecular formula is C22H20BrCl2N5O2. The number of fused-ring (bicyclic) bond motifs is 1. The Kier molecular flexibility index (Phi) is 6.20. The van der Waals surface area contributed by atoms with Crippen molar-refractivity contribution in [3.05, 3.63) is 76.9 Å². The number of hydrogen-bond donors (Lipinski definition) is 1. The molecule has 0 radical (unpaired) electrons. The van der Waals surface area contributed by atoms with Gasteiger partial charge >= 0.3 is 5.69 Å². The van der Waals surface area contributed by atoms with Gasteiger partial charge in [0.1, 0.15) is 0 Å². The van der Waals surface area contributed by atoms with Crippen LogP contribution in [0.1, 0.15) is 25.1 Å². The molecule has 2 heterocycles. The summed E-state index contributed by atoms with van der Waals surface area (Å²) in [5.74, 6) is 0. The third kappa shape index (κ3) is 3.76. The summed E-state index contributed by atoms with van der Waals surface area (Å²) in [6.07, 6.45) is 1.51. The quantitative estimate of drug-likeness (QED) is 0.344. The van der Waals surface area contributed by atoms with Gasteiger partial charge in [-0.1, -0.05) is 23.2 Å². The number of hydrogen-bond acceptors (Lipinski definition) is 3. The molecule has 4 rings (SSSR count). The molecule has 0 fully saturated rings. The first-order chi connectivity index (χ1) is 15.3. The van der Waals surface area contributed by atoms with E-state index in [1.807, 2.05) is 26.0 Å². The summed E-state index contributed by atoms with van der Waals surface area (Å²) in [7, 11) is 0. The molecule has 4 aromatic rings. The van der Waals surface area contributed by atoms with E-state index < -0.39 is 0 Å². The van der Waals surface area contributed by atoms with Crippen LogP contribution in [0, 0.1) is 6.92 Å². The SMILES string of the molecule is CCn1c(=O)n(CC)c2cc(N=Cc3c(C)[nH]n(-c4cc(Cl)ccc4Cl)c3=O)c(Br)cc21. The van der Waals surface area contributed by atoms with Crippen molar-refractivity contribution in [1.29, 1.82) is 0 Å². The maximum atomic E-state index is 13.0. The van der Waals surface area contributed by atoms with Gasteiger partial charge in [0.2, 0.25) is 0 Å². The standard InChI is InChI=1S/C22H20BrCl2N5O2/c1-4-28-19-9-15(23)17(10-20(19)29(5-2)22(28)32)26-11-14-12(3)27-30(21(14)31)18-8-13(24)6-7-16(18)25/h6-11,27H,4-5H2,1-3H3. The molecule has 0 unspecified atom stereocenters. The van der Waals surface area contributed by atoms with E-state index in [1.54, 1.807) is 34.3 Å². The van der Waals surface area contributed by atoms with Crippen LogP contribution in [0.4, 0.5) is 5.69 Å². The monoisotopic (exact) mass is 535 g/mol. The van der Waals surface area contributed by atoms with Crippen LogP contribution in [-0.4, -0.2) is 25.1 Å². The van der Waals surface area contributed by atoms with Crippen molar-refractivity contribution < 1.29 is 0 Å². The van der Waals surface area contributed by atoms with E-state index in [2.05, 4.69) is 26.0 Å². The van der Waals surface area contributed by atoms with E-state index in [9.17, 15) is 9.59 Å². The van der Waals surface area contributed by atoms with E-state index in [4.69, 9.17) is 23.2 Å². The summed E-state index contributed by atoms with van der Waals surface area (Å²) in [5.41, 5.74) is 3.38. The number of nitrogens with one attached hydrogen (secondary N) is 1. The van der Waals surface area contributed by atoms with E-state index in [0.29, 0.717) is 45.8 Å². The van der Waals surface area contributed by atoms with Crippen molar-refractivity contribution in [2.24, 2.45) is 4.99 Å². The summed E-state index contributed by atoms with van der Waals surface area (Å²) < 4.78 is 5.50. The molecule has 0 aliphatic heterocycles. The Balaban J connectivity index is 1.81. The van der Waals surface area contributed by atoms with E-state index in [1.165, 1.54) is 10.9 Å². The zero-order valence-electron chi connectivity index (χ0n) is 17.6. The van der Waals surface area contributed by atoms with Gasteiger partial charge in [-0.25, -0.2) is 9.48 Å². The number of imidazole rings is 1. The number of aliphatic imine (C=N–C) groups is 1. The molecule has 7 nitrogen and oxygen atoms in total. The van der Waals surface area contributed by atoms with Gasteiger partial charge in [0.15, 0.2) is 0 Å². The number of aryl methyl sites for hydroxylation is 3. The molecule has 0 amide bonds. The summed E-state index contributed by atoms with van der Waals surface area (Å²) >= 11 is 15.9. The highest BCUT2D eigenvalue weighted by Gasteiger charge is 2.16. The summed E-state index contributed by atoms with van der Waals surface area (Å²) in [5, 5.41) is 3.89. The highest BCUT2D eigenvalue weighted by atomic mass is 79.9. The number of halogens is 3. The van der Waals surface area contributed by atoms with Crippen molar-refractivity contribution in [3.8, 4) is 5.69 Å². The van der Waals surface area contributed by atoms with Crippen molar-refractivity contribution in [2.45, 2.75) is 33.9 Å². The molecule has 0 spiro atoms. The fraction of sp³-hybridized carbons (Fsp3) is 0.227. The fourth-order valence-electron chi connectivity index (χ4n) is 3.71. The van der Waals surface area contributed by atoms with Crippen LogP contribution in [0.5, 0.6) is 0 Å². The molecule has 2 aromatic heterocycles. The predicted octanol–water partition coefficient (Wildman–Crippen LogP) is 5.45. The van der Waals surface area contributed by atoms with Crippen LogP contribution in [0.15, 0.2) is 49.4 Å². The van der Waals surface area contributed by atoms with Gasteiger partial charge in [-0.3, -0.25) is 24.0 Å². The number of rotatable bonds is 5. The first-order valence-electron chi connectivity index (χ1n) is 10.0. The molecule has 2 aromatic carbocycles. The molecule has 0 aliphatic carbocycles. The lowest BCUT2D eigenvalue weighted by Gasteiger charge is -2.04. The Morgan fingerprint density at radius 2 is 1.72 bits per heavy atom. The van der Waals surface area contributed by atoms with Gasteiger partial charge in [-0.2, -0.15) is 0 Å². The zero-order valence-corrected chi connectivity index (χ0v) is 20.7. The second-order valence-corrected chi connectivity index (χ2v) is 8.91. The van der Waals surface area contributed by atoms with Crippen molar-refractivity contribution >= 4 is 62.1 Å². The Bertz CT molecular complexity index is 1490. The molecule has 0 aliphatic rings. The number of nitrogens with zero attached hydrogens (tertiary/aromatic N) is 4. The molecule has 0 atom stereocenters. The van der Waals surface area contributed by atoms with Gasteiger partial charge in [-0.15, -0.1) is 0 Å². The van der Waals surface area contributed by atoms with Crippen LogP contribution < -0.4 is 11.2 Å². The maximum absolute atomic E-state index is 13.0. The van der Waals surface area contributed by atoms with Crippen LogP contribution >= 0.6 is 39.1 Å². The number of aromatic amines is 1. The zero-order chi connectivity index (χ0) is 23.2. The minimum absolute atomic E-state index is 0.0548. The maximum Gasteiger partial charge on any atom is 0.329 e. The molecule has 10 heteroatoms. The first kappa shape index (κ1) is 22.6. The molecule has 0 saturated carbocycles. The second kappa shape index (κ2) is 8.77.